The number of ether oxygens (including phenoxy) is 2. The fourth-order valence-corrected chi connectivity index (χ4v) is 2.48. The minimum absolute atomic E-state index is 0.113. The molecule has 1 fully saturated rings. The normalized spacial score (nSPS) is 24.6. The Kier molecular flexibility index (Phi) is 4.22. The monoisotopic (exact) mass is 251 g/mol. The Hall–Kier alpha value is -1.10. The van der Waals surface area contributed by atoms with Crippen LogP contribution < -0.4 is 0 Å². The zero-order valence-electron chi connectivity index (χ0n) is 11.2. The molecule has 0 amide bonds. The van der Waals surface area contributed by atoms with E-state index in [1.165, 1.54) is 0 Å². The molecule has 0 bridgehead atoms. The van der Waals surface area contributed by atoms with E-state index < -0.39 is 0 Å². The molecule has 2 rings (SSSR count). The number of methoxy groups -OCH3 is 2. The highest BCUT2D eigenvalue weighted by Gasteiger charge is 2.32. The van der Waals surface area contributed by atoms with E-state index in [9.17, 15) is 5.11 Å². The molecule has 1 aliphatic heterocycles. The SMILES string of the molecule is COC1CN(Cc2cc(C)ccc2O)CC1OC. The standard InChI is InChI=1S/C14H21NO3/c1-10-4-5-12(16)11(6-10)7-15-8-13(17-2)14(9-15)18-3/h4-6,13-14,16H,7-9H2,1-3H3. The molecule has 0 aromatic heterocycles. The van der Waals surface area contributed by atoms with Gasteiger partial charge in [0.1, 0.15) is 5.75 Å². The van der Waals surface area contributed by atoms with E-state index in [2.05, 4.69) is 4.90 Å². The molecular weight excluding hydrogens is 230 g/mol. The third kappa shape index (κ3) is 2.83. The van der Waals surface area contributed by atoms with E-state index in [4.69, 9.17) is 9.47 Å². The molecule has 1 heterocycles. The van der Waals surface area contributed by atoms with Gasteiger partial charge in [-0.15, -0.1) is 0 Å². The first kappa shape index (κ1) is 13.3. The van der Waals surface area contributed by atoms with E-state index in [1.807, 2.05) is 19.1 Å². The van der Waals surface area contributed by atoms with Crippen molar-refractivity contribution in [3.05, 3.63) is 29.3 Å². The molecule has 0 radical (unpaired) electrons. The highest BCUT2D eigenvalue weighted by Crippen LogP contribution is 2.23. The van der Waals surface area contributed by atoms with Crippen LogP contribution in [0.25, 0.3) is 0 Å². The number of aromatic hydroxyl groups is 1. The molecule has 100 valence electrons. The van der Waals surface area contributed by atoms with Gasteiger partial charge in [0.25, 0.3) is 0 Å². The maximum atomic E-state index is 9.85. The summed E-state index contributed by atoms with van der Waals surface area (Å²) in [6.07, 6.45) is 0.226. The molecule has 4 heteroatoms. The summed E-state index contributed by atoms with van der Waals surface area (Å²) in [6, 6.07) is 5.69. The lowest BCUT2D eigenvalue weighted by atomic mass is 10.1. The first-order valence-electron chi connectivity index (χ1n) is 6.20. The molecule has 1 aliphatic rings. The van der Waals surface area contributed by atoms with Gasteiger partial charge in [0.15, 0.2) is 0 Å². The highest BCUT2D eigenvalue weighted by molar-refractivity contribution is 5.35. The summed E-state index contributed by atoms with van der Waals surface area (Å²) < 4.78 is 10.8. The van der Waals surface area contributed by atoms with Crippen molar-refractivity contribution < 1.29 is 14.6 Å². The van der Waals surface area contributed by atoms with Gasteiger partial charge in [0.05, 0.1) is 12.2 Å². The molecule has 2 unspecified atom stereocenters. The maximum absolute atomic E-state index is 9.85. The van der Waals surface area contributed by atoms with Gasteiger partial charge in [-0.05, 0) is 13.0 Å². The largest absolute Gasteiger partial charge is 0.508 e. The summed E-state index contributed by atoms with van der Waals surface area (Å²) >= 11 is 0. The van der Waals surface area contributed by atoms with Crippen LogP contribution in [0.1, 0.15) is 11.1 Å². The van der Waals surface area contributed by atoms with Crippen LogP contribution in [-0.4, -0.2) is 49.5 Å². The van der Waals surface area contributed by atoms with Crippen LogP contribution in [0.4, 0.5) is 0 Å². The average Bonchev–Trinajstić information content (AvgIpc) is 2.76. The number of phenols is 1. The molecule has 4 nitrogen and oxygen atoms in total. The number of hydrogen-bond acceptors (Lipinski definition) is 4. The first-order chi connectivity index (χ1) is 8.63. The summed E-state index contributed by atoms with van der Waals surface area (Å²) in [6.45, 7) is 4.43. The summed E-state index contributed by atoms with van der Waals surface area (Å²) in [5.41, 5.74) is 2.12. The van der Waals surface area contributed by atoms with Crippen molar-refractivity contribution in [2.24, 2.45) is 0 Å². The van der Waals surface area contributed by atoms with Gasteiger partial charge in [-0.1, -0.05) is 17.7 Å². The molecule has 1 saturated heterocycles. The average molecular weight is 251 g/mol. The lowest BCUT2D eigenvalue weighted by Crippen LogP contribution is -2.27. The fraction of sp³-hybridized carbons (Fsp3) is 0.571. The highest BCUT2D eigenvalue weighted by atomic mass is 16.5. The zero-order valence-corrected chi connectivity index (χ0v) is 11.2. The van der Waals surface area contributed by atoms with Crippen LogP contribution in [0.5, 0.6) is 5.75 Å². The Morgan fingerprint density at radius 2 is 1.83 bits per heavy atom. The lowest BCUT2D eigenvalue weighted by molar-refractivity contribution is -0.00461. The number of rotatable bonds is 4. The van der Waals surface area contributed by atoms with Crippen molar-refractivity contribution in [2.75, 3.05) is 27.3 Å². The van der Waals surface area contributed by atoms with E-state index in [-0.39, 0.29) is 12.2 Å². The molecule has 1 aromatic carbocycles. The molecule has 0 spiro atoms. The molecule has 1 N–H and O–H groups in total. The van der Waals surface area contributed by atoms with Crippen molar-refractivity contribution >= 4 is 0 Å². The number of phenolic OH excluding ortho intramolecular Hbond substituents is 1. The predicted octanol–water partition coefficient (Wildman–Crippen LogP) is 1.55. The van der Waals surface area contributed by atoms with Crippen molar-refractivity contribution in [1.82, 2.24) is 4.90 Å². The minimum Gasteiger partial charge on any atom is -0.508 e. The Morgan fingerprint density at radius 1 is 1.22 bits per heavy atom. The second-order valence-corrected chi connectivity index (χ2v) is 4.87. The van der Waals surface area contributed by atoms with Crippen LogP contribution in [0.2, 0.25) is 0 Å². The van der Waals surface area contributed by atoms with Crippen molar-refractivity contribution in [3.8, 4) is 5.75 Å². The van der Waals surface area contributed by atoms with E-state index in [0.29, 0.717) is 5.75 Å². The topological polar surface area (TPSA) is 41.9 Å². The summed E-state index contributed by atoms with van der Waals surface area (Å²) in [7, 11) is 3.43. The number of benzene rings is 1. The molecule has 2 atom stereocenters. The Labute approximate surface area is 108 Å². The number of likely N-dealkylation sites (tertiary alicyclic amines) is 1. The van der Waals surface area contributed by atoms with Gasteiger partial charge in [-0.3, -0.25) is 4.90 Å². The smallest absolute Gasteiger partial charge is 0.120 e. The first-order valence-corrected chi connectivity index (χ1v) is 6.20. The number of hydrogen-bond donors (Lipinski definition) is 1. The second-order valence-electron chi connectivity index (χ2n) is 4.87. The minimum atomic E-state index is 0.113. The molecule has 18 heavy (non-hydrogen) atoms. The summed E-state index contributed by atoms with van der Waals surface area (Å²) in [4.78, 5) is 2.25. The Morgan fingerprint density at radius 3 is 2.39 bits per heavy atom. The molecule has 1 aromatic rings. The molecule has 0 saturated carbocycles. The van der Waals surface area contributed by atoms with Gasteiger partial charge in [0.2, 0.25) is 0 Å². The van der Waals surface area contributed by atoms with Crippen LogP contribution in [0, 0.1) is 6.92 Å². The van der Waals surface area contributed by atoms with E-state index in [1.54, 1.807) is 20.3 Å². The van der Waals surface area contributed by atoms with E-state index >= 15 is 0 Å². The number of nitrogens with zero attached hydrogens (tertiary/aromatic N) is 1. The third-order valence-electron chi connectivity index (χ3n) is 3.53. The molecular formula is C14H21NO3. The Bertz CT molecular complexity index is 396. The van der Waals surface area contributed by atoms with Gasteiger partial charge < -0.3 is 14.6 Å². The van der Waals surface area contributed by atoms with Gasteiger partial charge in [0, 0.05) is 39.4 Å². The van der Waals surface area contributed by atoms with Crippen molar-refractivity contribution in [2.45, 2.75) is 25.7 Å². The van der Waals surface area contributed by atoms with Crippen LogP contribution in [0.15, 0.2) is 18.2 Å². The quantitative estimate of drug-likeness (QED) is 0.881. The van der Waals surface area contributed by atoms with Crippen LogP contribution >= 0.6 is 0 Å². The van der Waals surface area contributed by atoms with E-state index in [0.717, 1.165) is 30.8 Å². The molecule has 0 aliphatic carbocycles. The summed E-state index contributed by atoms with van der Waals surface area (Å²) in [5, 5.41) is 9.85. The van der Waals surface area contributed by atoms with Crippen LogP contribution in [0.3, 0.4) is 0 Å². The zero-order chi connectivity index (χ0) is 13.1. The van der Waals surface area contributed by atoms with Crippen molar-refractivity contribution in [3.63, 3.8) is 0 Å². The third-order valence-corrected chi connectivity index (χ3v) is 3.53. The lowest BCUT2D eigenvalue weighted by Gasteiger charge is -2.16. The summed E-state index contributed by atoms with van der Waals surface area (Å²) in [5.74, 6) is 0.357. The van der Waals surface area contributed by atoms with Crippen molar-refractivity contribution in [1.29, 1.82) is 0 Å². The van der Waals surface area contributed by atoms with Crippen LogP contribution in [-0.2, 0) is 16.0 Å². The maximum Gasteiger partial charge on any atom is 0.120 e. The van der Waals surface area contributed by atoms with Gasteiger partial charge >= 0.3 is 0 Å². The number of aryl methyl sites for hydroxylation is 1. The second kappa shape index (κ2) is 5.69. The van der Waals surface area contributed by atoms with Gasteiger partial charge in [-0.25, -0.2) is 0 Å². The van der Waals surface area contributed by atoms with Gasteiger partial charge in [-0.2, -0.15) is 0 Å². The Balaban J connectivity index is 2.04. The predicted molar refractivity (Wildman–Crippen MR) is 69.7 cm³/mol. The fourth-order valence-electron chi connectivity index (χ4n) is 2.48.